The Morgan fingerprint density at radius 3 is 2.12 bits per heavy atom. The van der Waals surface area contributed by atoms with Gasteiger partial charge in [-0.1, -0.05) is 48.2 Å². The van der Waals surface area contributed by atoms with Crippen molar-refractivity contribution in [3.63, 3.8) is 0 Å². The molecule has 0 spiro atoms. The fraction of sp³-hybridized carbons (Fsp3) is 0.143. The first-order chi connectivity index (χ1) is 16.0. The van der Waals surface area contributed by atoms with E-state index in [1.165, 1.54) is 20.3 Å². The summed E-state index contributed by atoms with van der Waals surface area (Å²) < 4.78 is 15.7. The summed E-state index contributed by atoms with van der Waals surface area (Å²) in [7, 11) is 2.99. The summed E-state index contributed by atoms with van der Waals surface area (Å²) >= 11 is 0. The molecule has 0 N–H and O–H groups in total. The highest BCUT2D eigenvalue weighted by atomic mass is 16.5. The maximum absolute atomic E-state index is 13.4. The fourth-order valence-corrected chi connectivity index (χ4v) is 3.07. The van der Waals surface area contributed by atoms with E-state index in [2.05, 4.69) is 11.8 Å². The van der Waals surface area contributed by atoms with Crippen LogP contribution in [-0.2, 0) is 9.53 Å². The maximum atomic E-state index is 13.4. The van der Waals surface area contributed by atoms with Gasteiger partial charge in [0, 0.05) is 22.8 Å². The van der Waals surface area contributed by atoms with Crippen LogP contribution in [0.25, 0.3) is 6.08 Å². The Hall–Kier alpha value is -4.30. The third-order valence-corrected chi connectivity index (χ3v) is 4.73. The van der Waals surface area contributed by atoms with Gasteiger partial charge in [0.05, 0.1) is 20.8 Å². The van der Waals surface area contributed by atoms with Crippen molar-refractivity contribution >= 4 is 17.8 Å². The lowest BCUT2D eigenvalue weighted by atomic mass is 9.98. The molecule has 33 heavy (non-hydrogen) atoms. The summed E-state index contributed by atoms with van der Waals surface area (Å²) in [6.07, 6.45) is 1.52. The van der Waals surface area contributed by atoms with Gasteiger partial charge in [-0.2, -0.15) is 0 Å². The van der Waals surface area contributed by atoms with Crippen LogP contribution in [0.15, 0.2) is 78.4 Å². The summed E-state index contributed by atoms with van der Waals surface area (Å²) in [6.45, 7) is 1.83. The van der Waals surface area contributed by atoms with Crippen LogP contribution in [0.2, 0.25) is 0 Å². The molecule has 0 aliphatic heterocycles. The van der Waals surface area contributed by atoms with Crippen molar-refractivity contribution < 1.29 is 23.8 Å². The van der Waals surface area contributed by atoms with Gasteiger partial charge in [-0.15, -0.1) is 0 Å². The monoisotopic (exact) mass is 440 g/mol. The summed E-state index contributed by atoms with van der Waals surface area (Å²) in [6, 6.07) is 21.6. The molecule has 3 aromatic rings. The minimum atomic E-state index is -0.713. The molecule has 5 heteroatoms. The van der Waals surface area contributed by atoms with Gasteiger partial charge in [0.25, 0.3) is 0 Å². The normalized spacial score (nSPS) is 10.6. The molecule has 0 fully saturated rings. The van der Waals surface area contributed by atoms with Crippen molar-refractivity contribution in [2.45, 2.75) is 6.92 Å². The summed E-state index contributed by atoms with van der Waals surface area (Å²) in [5.74, 6) is 5.89. The topological polar surface area (TPSA) is 61.8 Å². The lowest BCUT2D eigenvalue weighted by molar-refractivity contribution is -0.137. The molecule has 166 valence electrons. The number of carbonyl (C=O) groups is 2. The molecule has 0 heterocycles. The fourth-order valence-electron chi connectivity index (χ4n) is 3.07. The van der Waals surface area contributed by atoms with Crippen LogP contribution in [0.5, 0.6) is 11.5 Å². The number of carbonyl (C=O) groups excluding carboxylic acids is 2. The number of esters is 1. The highest BCUT2D eigenvalue weighted by Gasteiger charge is 2.23. The van der Waals surface area contributed by atoms with E-state index in [9.17, 15) is 9.59 Å². The molecule has 5 nitrogen and oxygen atoms in total. The summed E-state index contributed by atoms with van der Waals surface area (Å²) in [5, 5.41) is 0. The van der Waals surface area contributed by atoms with Crippen LogP contribution < -0.4 is 9.47 Å². The quantitative estimate of drug-likeness (QED) is 0.130. The second kappa shape index (κ2) is 11.4. The SMILES string of the molecule is CCOC(=O)/C(=C/c1ccccc1C#Cc1ccccc1)C(=O)c1cc(OC)cc(OC)c1. The molecule has 0 saturated heterocycles. The van der Waals surface area contributed by atoms with Crippen molar-refractivity contribution in [1.29, 1.82) is 0 Å². The van der Waals surface area contributed by atoms with Gasteiger partial charge in [-0.3, -0.25) is 4.79 Å². The summed E-state index contributed by atoms with van der Waals surface area (Å²) in [4.78, 5) is 26.1. The first-order valence-corrected chi connectivity index (χ1v) is 10.4. The minimum Gasteiger partial charge on any atom is -0.497 e. The van der Waals surface area contributed by atoms with Crippen molar-refractivity contribution in [1.82, 2.24) is 0 Å². The highest BCUT2D eigenvalue weighted by Crippen LogP contribution is 2.25. The maximum Gasteiger partial charge on any atom is 0.342 e. The number of benzene rings is 3. The van der Waals surface area contributed by atoms with E-state index in [1.54, 1.807) is 31.2 Å². The Bertz CT molecular complexity index is 1210. The van der Waals surface area contributed by atoms with Crippen LogP contribution in [0.4, 0.5) is 0 Å². The molecule has 0 amide bonds. The Morgan fingerprint density at radius 2 is 1.48 bits per heavy atom. The average molecular weight is 440 g/mol. The van der Waals surface area contributed by atoms with Crippen LogP contribution in [0.1, 0.15) is 34.0 Å². The molecule has 0 aliphatic rings. The molecule has 0 radical (unpaired) electrons. The van der Waals surface area contributed by atoms with Crippen molar-refractivity contribution in [3.05, 3.63) is 101 Å². The third-order valence-electron chi connectivity index (χ3n) is 4.73. The molecule has 0 aromatic heterocycles. The largest absolute Gasteiger partial charge is 0.497 e. The number of methoxy groups -OCH3 is 2. The average Bonchev–Trinajstić information content (AvgIpc) is 2.86. The zero-order chi connectivity index (χ0) is 23.6. The molecule has 0 bridgehead atoms. The van der Waals surface area contributed by atoms with E-state index in [0.717, 1.165) is 5.56 Å². The Labute approximate surface area is 193 Å². The molecular weight excluding hydrogens is 416 g/mol. The number of ether oxygens (including phenoxy) is 3. The van der Waals surface area contributed by atoms with Crippen LogP contribution >= 0.6 is 0 Å². The van der Waals surface area contributed by atoms with Crippen molar-refractivity contribution in [2.24, 2.45) is 0 Å². The predicted molar refractivity (Wildman–Crippen MR) is 127 cm³/mol. The van der Waals surface area contributed by atoms with E-state index >= 15 is 0 Å². The summed E-state index contributed by atoms with van der Waals surface area (Å²) in [5.41, 5.74) is 2.31. The van der Waals surface area contributed by atoms with E-state index in [1.807, 2.05) is 48.5 Å². The smallest absolute Gasteiger partial charge is 0.342 e. The number of hydrogen-bond donors (Lipinski definition) is 0. The van der Waals surface area contributed by atoms with Gasteiger partial charge in [0.15, 0.2) is 0 Å². The predicted octanol–water partition coefficient (Wildman–Crippen LogP) is 4.93. The van der Waals surface area contributed by atoms with Gasteiger partial charge in [-0.05, 0) is 48.9 Å². The Balaban J connectivity index is 2.08. The van der Waals surface area contributed by atoms with E-state index in [4.69, 9.17) is 14.2 Å². The number of rotatable bonds is 7. The third kappa shape index (κ3) is 6.11. The van der Waals surface area contributed by atoms with E-state index < -0.39 is 11.8 Å². The molecule has 0 atom stereocenters. The zero-order valence-corrected chi connectivity index (χ0v) is 18.8. The zero-order valence-electron chi connectivity index (χ0n) is 18.8. The van der Waals surface area contributed by atoms with Crippen LogP contribution in [0.3, 0.4) is 0 Å². The molecule has 3 rings (SSSR count). The molecule has 0 unspecified atom stereocenters. The Kier molecular flexibility index (Phi) is 8.04. The van der Waals surface area contributed by atoms with Gasteiger partial charge >= 0.3 is 5.97 Å². The highest BCUT2D eigenvalue weighted by molar-refractivity contribution is 6.27. The number of ketones is 1. The first-order valence-electron chi connectivity index (χ1n) is 10.4. The van der Waals surface area contributed by atoms with Crippen LogP contribution in [-0.4, -0.2) is 32.6 Å². The number of Topliss-reactive ketones (excluding diaryl/α,β-unsaturated/α-hetero) is 1. The van der Waals surface area contributed by atoms with E-state index in [-0.39, 0.29) is 17.7 Å². The first kappa shape index (κ1) is 23.4. The van der Waals surface area contributed by atoms with Gasteiger partial charge in [0.2, 0.25) is 5.78 Å². The second-order valence-corrected chi connectivity index (χ2v) is 6.91. The number of hydrogen-bond acceptors (Lipinski definition) is 5. The van der Waals surface area contributed by atoms with Gasteiger partial charge < -0.3 is 14.2 Å². The van der Waals surface area contributed by atoms with Crippen LogP contribution in [0, 0.1) is 11.8 Å². The lowest BCUT2D eigenvalue weighted by Gasteiger charge is -2.10. The molecule has 3 aromatic carbocycles. The van der Waals surface area contributed by atoms with Gasteiger partial charge in [0.1, 0.15) is 17.1 Å². The second-order valence-electron chi connectivity index (χ2n) is 6.91. The Morgan fingerprint density at radius 1 is 0.848 bits per heavy atom. The standard InChI is InChI=1S/C28H24O5/c1-4-33-28(30)26(27(29)23-16-24(31-2)19-25(17-23)32-3)18-22-13-9-8-12-21(22)15-14-20-10-6-5-7-11-20/h5-13,16-19H,4H2,1-3H3/b26-18+. The van der Waals surface area contributed by atoms with Crippen molar-refractivity contribution in [3.8, 4) is 23.3 Å². The van der Waals surface area contributed by atoms with E-state index in [0.29, 0.717) is 22.6 Å². The minimum absolute atomic E-state index is 0.110. The molecule has 0 aliphatic carbocycles. The molecular formula is C28H24O5. The van der Waals surface area contributed by atoms with Crippen molar-refractivity contribution in [2.75, 3.05) is 20.8 Å². The lowest BCUT2D eigenvalue weighted by Crippen LogP contribution is -2.16. The molecule has 0 saturated carbocycles. The van der Waals surface area contributed by atoms with Gasteiger partial charge in [-0.25, -0.2) is 4.79 Å².